The molecule has 3 aromatic rings. The molecule has 0 spiro atoms. The Balaban J connectivity index is 1.66. The first-order valence-corrected chi connectivity index (χ1v) is 10.7. The molecule has 0 saturated heterocycles. The summed E-state index contributed by atoms with van der Waals surface area (Å²) in [6, 6.07) is 8.86. The lowest BCUT2D eigenvalue weighted by molar-refractivity contribution is -0.252. The maximum Gasteiger partial charge on any atom is 0.426 e. The van der Waals surface area contributed by atoms with Crippen LogP contribution in [0.3, 0.4) is 0 Å². The zero-order valence-electron chi connectivity index (χ0n) is 17.5. The molecular weight excluding hydrogens is 461 g/mol. The molecule has 0 radical (unpaired) electrons. The van der Waals surface area contributed by atoms with E-state index >= 15 is 0 Å². The number of anilines is 1. The number of rotatable bonds is 4. The van der Waals surface area contributed by atoms with E-state index in [9.17, 15) is 27.9 Å². The number of halogens is 4. The first kappa shape index (κ1) is 23.3. The number of amides is 1. The highest BCUT2D eigenvalue weighted by atomic mass is 35.5. The second-order valence-electron chi connectivity index (χ2n) is 8.26. The second-order valence-corrected chi connectivity index (χ2v) is 8.70. The van der Waals surface area contributed by atoms with Gasteiger partial charge in [0.25, 0.3) is 5.91 Å². The fourth-order valence-corrected chi connectivity index (χ4v) is 4.53. The zero-order valence-corrected chi connectivity index (χ0v) is 18.3. The van der Waals surface area contributed by atoms with Crippen LogP contribution in [0.4, 0.5) is 18.9 Å². The van der Waals surface area contributed by atoms with Gasteiger partial charge in [-0.05, 0) is 73.6 Å². The molecule has 0 aliphatic heterocycles. The molecule has 0 fully saturated rings. The van der Waals surface area contributed by atoms with Crippen molar-refractivity contribution in [2.45, 2.75) is 50.3 Å². The number of benzene rings is 2. The molecule has 2 aromatic carbocycles. The van der Waals surface area contributed by atoms with E-state index in [1.165, 1.54) is 18.2 Å². The van der Waals surface area contributed by atoms with Crippen LogP contribution in [0.15, 0.2) is 45.7 Å². The summed E-state index contributed by atoms with van der Waals surface area (Å²) in [5.41, 5.74) is -2.55. The van der Waals surface area contributed by atoms with Gasteiger partial charge in [0.15, 0.2) is 0 Å². The maximum absolute atomic E-state index is 14.0. The van der Waals surface area contributed by atoms with E-state index in [0.717, 1.165) is 5.56 Å². The third kappa shape index (κ3) is 4.35. The highest BCUT2D eigenvalue weighted by molar-refractivity contribution is 6.30. The number of aryl methyl sites for hydroxylation is 2. The second kappa shape index (κ2) is 8.46. The molecule has 2 N–H and O–H groups in total. The van der Waals surface area contributed by atoms with Crippen molar-refractivity contribution in [3.05, 3.63) is 68.7 Å². The Morgan fingerprint density at radius 2 is 2.00 bits per heavy atom. The highest BCUT2D eigenvalue weighted by Crippen LogP contribution is 2.44. The average molecular weight is 481 g/mol. The number of fused-ring (bicyclic) bond motifs is 2. The SMILES string of the molecule is Cc1noc(=O)c2ccc(NC(=O)C(O)(CC3CCCc4cc(Cl)ccc43)C(F)(F)F)cc12. The van der Waals surface area contributed by atoms with Gasteiger partial charge in [0.2, 0.25) is 5.60 Å². The van der Waals surface area contributed by atoms with Crippen molar-refractivity contribution in [2.75, 3.05) is 5.32 Å². The molecule has 2 unspecified atom stereocenters. The van der Waals surface area contributed by atoms with Crippen LogP contribution in [0.25, 0.3) is 10.8 Å². The van der Waals surface area contributed by atoms with Crippen molar-refractivity contribution in [1.29, 1.82) is 0 Å². The summed E-state index contributed by atoms with van der Waals surface area (Å²) in [6.07, 6.45) is -4.35. The van der Waals surface area contributed by atoms with Crippen molar-refractivity contribution in [3.8, 4) is 0 Å². The third-order valence-electron chi connectivity index (χ3n) is 6.08. The number of aliphatic hydroxyl groups is 1. The van der Waals surface area contributed by atoms with Gasteiger partial charge in [-0.2, -0.15) is 13.2 Å². The smallest absolute Gasteiger partial charge is 0.373 e. The number of nitrogens with zero attached hydrogens (tertiary/aromatic N) is 1. The van der Waals surface area contributed by atoms with Gasteiger partial charge in [0, 0.05) is 22.5 Å². The fraction of sp³-hybridized carbons (Fsp3) is 0.348. The molecule has 1 aromatic heterocycles. The van der Waals surface area contributed by atoms with E-state index in [4.69, 9.17) is 11.6 Å². The average Bonchev–Trinajstić information content (AvgIpc) is 2.75. The lowest BCUT2D eigenvalue weighted by Crippen LogP contribution is -2.55. The largest absolute Gasteiger partial charge is 0.426 e. The molecule has 1 amide bonds. The van der Waals surface area contributed by atoms with Crippen LogP contribution in [0, 0.1) is 6.92 Å². The van der Waals surface area contributed by atoms with Crippen LogP contribution in [-0.4, -0.2) is 27.9 Å². The number of aromatic nitrogens is 1. The zero-order chi connectivity index (χ0) is 24.0. The molecule has 6 nitrogen and oxygen atoms in total. The first-order chi connectivity index (χ1) is 15.5. The molecule has 174 valence electrons. The quantitative estimate of drug-likeness (QED) is 0.554. The van der Waals surface area contributed by atoms with Gasteiger partial charge in [-0.3, -0.25) is 4.79 Å². The molecular formula is C23H20ClF3N2O4. The number of carbonyl (C=O) groups is 1. The summed E-state index contributed by atoms with van der Waals surface area (Å²) in [5.74, 6) is -2.26. The van der Waals surface area contributed by atoms with Gasteiger partial charge >= 0.3 is 11.8 Å². The molecule has 2 atom stereocenters. The van der Waals surface area contributed by atoms with Crippen LogP contribution in [-0.2, 0) is 11.2 Å². The van der Waals surface area contributed by atoms with Gasteiger partial charge < -0.3 is 14.9 Å². The monoisotopic (exact) mass is 480 g/mol. The normalized spacial score (nSPS) is 17.9. The van der Waals surface area contributed by atoms with Crippen LogP contribution in [0.1, 0.15) is 42.0 Å². The number of hydrogen-bond acceptors (Lipinski definition) is 5. The lowest BCUT2D eigenvalue weighted by atomic mass is 9.76. The van der Waals surface area contributed by atoms with Gasteiger partial charge in [0.1, 0.15) is 0 Å². The minimum absolute atomic E-state index is 0.0125. The van der Waals surface area contributed by atoms with E-state index in [1.54, 1.807) is 25.1 Å². The number of alkyl halides is 3. The summed E-state index contributed by atoms with van der Waals surface area (Å²) in [5, 5.41) is 17.4. The molecule has 0 bridgehead atoms. The van der Waals surface area contributed by atoms with E-state index in [2.05, 4.69) is 15.0 Å². The summed E-state index contributed by atoms with van der Waals surface area (Å²) in [7, 11) is 0. The van der Waals surface area contributed by atoms with E-state index in [0.29, 0.717) is 40.9 Å². The topological polar surface area (TPSA) is 92.4 Å². The predicted molar refractivity (Wildman–Crippen MR) is 116 cm³/mol. The standard InChI is InChI=1S/C23H20ClF3N2O4/c1-12-19-10-16(6-8-18(19)20(30)33-29-12)28-21(31)22(32,23(25,26)27)11-14-4-2-3-13-9-15(24)5-7-17(13)14/h5-10,14,32H,2-4,11H2,1H3,(H,28,31). The molecule has 4 rings (SSSR count). The number of carbonyl (C=O) groups excluding carboxylic acids is 1. The van der Waals surface area contributed by atoms with Gasteiger partial charge in [-0.15, -0.1) is 0 Å². The van der Waals surface area contributed by atoms with E-state index in [1.807, 2.05) is 0 Å². The Labute approximate surface area is 191 Å². The van der Waals surface area contributed by atoms with Gasteiger partial charge in [-0.25, -0.2) is 4.79 Å². The summed E-state index contributed by atoms with van der Waals surface area (Å²) in [6.45, 7) is 1.55. The highest BCUT2D eigenvalue weighted by Gasteiger charge is 2.60. The van der Waals surface area contributed by atoms with Gasteiger partial charge in [0.05, 0.1) is 11.1 Å². The Hall–Kier alpha value is -2.91. The van der Waals surface area contributed by atoms with Crippen LogP contribution < -0.4 is 10.9 Å². The summed E-state index contributed by atoms with van der Waals surface area (Å²) < 4.78 is 46.7. The predicted octanol–water partition coefficient (Wildman–Crippen LogP) is 4.89. The minimum Gasteiger partial charge on any atom is -0.373 e. The fourth-order valence-electron chi connectivity index (χ4n) is 4.33. The van der Waals surface area contributed by atoms with Crippen molar-refractivity contribution in [1.82, 2.24) is 5.16 Å². The lowest BCUT2D eigenvalue weighted by Gasteiger charge is -2.35. The summed E-state index contributed by atoms with van der Waals surface area (Å²) in [4.78, 5) is 24.6. The molecule has 1 aliphatic carbocycles. The Bertz CT molecular complexity index is 1290. The maximum atomic E-state index is 14.0. The summed E-state index contributed by atoms with van der Waals surface area (Å²) >= 11 is 6.01. The van der Waals surface area contributed by atoms with E-state index in [-0.39, 0.29) is 11.1 Å². The Morgan fingerprint density at radius 3 is 2.73 bits per heavy atom. The minimum atomic E-state index is -5.21. The van der Waals surface area contributed by atoms with Crippen LogP contribution >= 0.6 is 11.6 Å². The number of nitrogens with one attached hydrogen (secondary N) is 1. The first-order valence-electron chi connectivity index (χ1n) is 10.3. The molecule has 10 heteroatoms. The van der Waals surface area contributed by atoms with Crippen molar-refractivity contribution in [2.24, 2.45) is 0 Å². The Kier molecular flexibility index (Phi) is 5.96. The molecule has 1 aliphatic rings. The number of hydrogen-bond donors (Lipinski definition) is 2. The van der Waals surface area contributed by atoms with Crippen molar-refractivity contribution < 1.29 is 27.6 Å². The van der Waals surface area contributed by atoms with E-state index < -0.39 is 35.6 Å². The molecule has 0 saturated carbocycles. The molecule has 1 heterocycles. The Morgan fingerprint density at radius 1 is 1.24 bits per heavy atom. The van der Waals surface area contributed by atoms with Crippen LogP contribution in [0.2, 0.25) is 5.02 Å². The van der Waals surface area contributed by atoms with Crippen LogP contribution in [0.5, 0.6) is 0 Å². The molecule has 33 heavy (non-hydrogen) atoms. The van der Waals surface area contributed by atoms with Crippen molar-refractivity contribution in [3.63, 3.8) is 0 Å². The third-order valence-corrected chi connectivity index (χ3v) is 6.32. The van der Waals surface area contributed by atoms with Crippen molar-refractivity contribution >= 4 is 34.0 Å². The van der Waals surface area contributed by atoms with Gasteiger partial charge in [-0.1, -0.05) is 22.8 Å².